The van der Waals surface area contributed by atoms with E-state index >= 15 is 0 Å². The van der Waals surface area contributed by atoms with Crippen LogP contribution in [0.1, 0.15) is 40.0 Å². The van der Waals surface area contributed by atoms with Crippen molar-refractivity contribution in [1.82, 2.24) is 5.32 Å². The average molecular weight is 194 g/mol. The first-order valence-corrected chi connectivity index (χ1v) is 5.65. The third-order valence-corrected chi connectivity index (χ3v) is 3.15. The molecule has 2 heteroatoms. The summed E-state index contributed by atoms with van der Waals surface area (Å²) in [7, 11) is 0. The number of hydrogen-bond donors (Lipinski definition) is 2. The van der Waals surface area contributed by atoms with Gasteiger partial charge in [0.15, 0.2) is 0 Å². The van der Waals surface area contributed by atoms with Gasteiger partial charge in [-0.15, -0.1) is 0 Å². The van der Waals surface area contributed by atoms with Crippen LogP contribution < -0.4 is 5.32 Å². The fraction of sp³-hybridized carbons (Fsp3) is 0.750. The molecule has 0 aromatic carbocycles. The average Bonchev–Trinajstić information content (AvgIpc) is 2.18. The maximum atomic E-state index is 7.88. The van der Waals surface area contributed by atoms with Crippen LogP contribution in [-0.4, -0.2) is 18.8 Å². The Morgan fingerprint density at radius 3 is 2.86 bits per heavy atom. The molecule has 1 unspecified atom stereocenters. The SMILES string of the molecule is CCCC(C)C(C)=C1CCNCC1=N. The van der Waals surface area contributed by atoms with E-state index in [4.69, 9.17) is 5.41 Å². The lowest BCUT2D eigenvalue weighted by molar-refractivity contribution is 0.591. The maximum absolute atomic E-state index is 7.88. The molecule has 0 aliphatic carbocycles. The van der Waals surface area contributed by atoms with Crippen LogP contribution in [0.3, 0.4) is 0 Å². The Bertz CT molecular complexity index is 241. The fourth-order valence-corrected chi connectivity index (χ4v) is 2.07. The summed E-state index contributed by atoms with van der Waals surface area (Å²) in [5.41, 5.74) is 3.56. The van der Waals surface area contributed by atoms with Crippen molar-refractivity contribution in [1.29, 1.82) is 5.41 Å². The van der Waals surface area contributed by atoms with Gasteiger partial charge in [0.1, 0.15) is 0 Å². The van der Waals surface area contributed by atoms with Gasteiger partial charge in [0.2, 0.25) is 0 Å². The number of rotatable bonds is 3. The molecular formula is C12H22N2. The first-order valence-electron chi connectivity index (χ1n) is 5.65. The third kappa shape index (κ3) is 2.68. The molecule has 0 aromatic rings. The van der Waals surface area contributed by atoms with Gasteiger partial charge in [-0.05, 0) is 37.8 Å². The van der Waals surface area contributed by atoms with E-state index in [9.17, 15) is 0 Å². The molecule has 1 heterocycles. The summed E-state index contributed by atoms with van der Waals surface area (Å²) < 4.78 is 0. The minimum Gasteiger partial charge on any atom is -0.311 e. The predicted molar refractivity (Wildman–Crippen MR) is 62.0 cm³/mol. The maximum Gasteiger partial charge on any atom is 0.0483 e. The van der Waals surface area contributed by atoms with E-state index in [0.717, 1.165) is 25.2 Å². The molecule has 1 aliphatic heterocycles. The fourth-order valence-electron chi connectivity index (χ4n) is 2.07. The van der Waals surface area contributed by atoms with Crippen molar-refractivity contribution in [2.24, 2.45) is 5.92 Å². The van der Waals surface area contributed by atoms with Gasteiger partial charge in [0, 0.05) is 12.3 Å². The molecule has 0 amide bonds. The molecular weight excluding hydrogens is 172 g/mol. The Kier molecular flexibility index (Phi) is 4.33. The lowest BCUT2D eigenvalue weighted by atomic mass is 9.88. The zero-order chi connectivity index (χ0) is 10.6. The Labute approximate surface area is 87.3 Å². The molecule has 2 N–H and O–H groups in total. The number of allylic oxidation sites excluding steroid dienone is 1. The second-order valence-electron chi connectivity index (χ2n) is 4.26. The van der Waals surface area contributed by atoms with Gasteiger partial charge in [-0.3, -0.25) is 0 Å². The van der Waals surface area contributed by atoms with E-state index in [0.29, 0.717) is 5.92 Å². The van der Waals surface area contributed by atoms with Crippen molar-refractivity contribution in [3.63, 3.8) is 0 Å². The van der Waals surface area contributed by atoms with E-state index in [1.165, 1.54) is 24.0 Å². The molecule has 14 heavy (non-hydrogen) atoms. The van der Waals surface area contributed by atoms with E-state index < -0.39 is 0 Å². The minimum atomic E-state index is 0.647. The van der Waals surface area contributed by atoms with Crippen LogP contribution in [0.25, 0.3) is 0 Å². The summed E-state index contributed by atoms with van der Waals surface area (Å²) in [5, 5.41) is 11.1. The van der Waals surface area contributed by atoms with Gasteiger partial charge in [0.05, 0.1) is 0 Å². The molecule has 1 fully saturated rings. The van der Waals surface area contributed by atoms with Crippen LogP contribution >= 0.6 is 0 Å². The largest absolute Gasteiger partial charge is 0.311 e. The zero-order valence-corrected chi connectivity index (χ0v) is 9.61. The monoisotopic (exact) mass is 194 g/mol. The number of hydrogen-bond acceptors (Lipinski definition) is 2. The minimum absolute atomic E-state index is 0.647. The normalized spacial score (nSPS) is 23.5. The third-order valence-electron chi connectivity index (χ3n) is 3.15. The van der Waals surface area contributed by atoms with E-state index in [1.54, 1.807) is 0 Å². The molecule has 1 saturated heterocycles. The molecule has 1 atom stereocenters. The highest BCUT2D eigenvalue weighted by Crippen LogP contribution is 2.23. The molecule has 80 valence electrons. The van der Waals surface area contributed by atoms with Crippen molar-refractivity contribution < 1.29 is 0 Å². The Hall–Kier alpha value is -0.630. The van der Waals surface area contributed by atoms with Gasteiger partial charge in [-0.2, -0.15) is 0 Å². The highest BCUT2D eigenvalue weighted by Gasteiger charge is 2.16. The van der Waals surface area contributed by atoms with Gasteiger partial charge in [-0.1, -0.05) is 25.8 Å². The number of piperidine rings is 1. The Morgan fingerprint density at radius 2 is 2.29 bits per heavy atom. The molecule has 0 saturated carbocycles. The standard InChI is InChI=1S/C12H22N2/c1-4-5-9(2)10(3)11-6-7-14-8-12(11)13/h9,13-14H,4-8H2,1-3H3. The van der Waals surface area contributed by atoms with Crippen molar-refractivity contribution >= 4 is 5.71 Å². The first kappa shape index (κ1) is 11.4. The van der Waals surface area contributed by atoms with E-state index in [-0.39, 0.29) is 0 Å². The molecule has 0 aromatic heterocycles. The second kappa shape index (κ2) is 5.30. The molecule has 1 aliphatic rings. The van der Waals surface area contributed by atoms with Crippen LogP contribution in [0.2, 0.25) is 0 Å². The van der Waals surface area contributed by atoms with Crippen LogP contribution in [0.4, 0.5) is 0 Å². The van der Waals surface area contributed by atoms with Crippen molar-refractivity contribution in [2.45, 2.75) is 40.0 Å². The first-order chi connectivity index (χ1) is 6.66. The Balaban J connectivity index is 2.73. The lowest BCUT2D eigenvalue weighted by Crippen LogP contribution is -2.32. The summed E-state index contributed by atoms with van der Waals surface area (Å²) in [6.07, 6.45) is 3.52. The smallest absolute Gasteiger partial charge is 0.0483 e. The molecule has 1 rings (SSSR count). The van der Waals surface area contributed by atoms with Crippen molar-refractivity contribution in [2.75, 3.05) is 13.1 Å². The van der Waals surface area contributed by atoms with Crippen LogP contribution in [-0.2, 0) is 0 Å². The van der Waals surface area contributed by atoms with E-state index in [2.05, 4.69) is 26.1 Å². The summed E-state index contributed by atoms with van der Waals surface area (Å²) >= 11 is 0. The van der Waals surface area contributed by atoms with Crippen LogP contribution in [0, 0.1) is 11.3 Å². The summed E-state index contributed by atoms with van der Waals surface area (Å²) in [5.74, 6) is 0.647. The van der Waals surface area contributed by atoms with Gasteiger partial charge >= 0.3 is 0 Å². The molecule has 2 nitrogen and oxygen atoms in total. The number of nitrogens with one attached hydrogen (secondary N) is 2. The highest BCUT2D eigenvalue weighted by molar-refractivity contribution is 6.00. The zero-order valence-electron chi connectivity index (χ0n) is 9.61. The topological polar surface area (TPSA) is 35.9 Å². The molecule has 0 bridgehead atoms. The predicted octanol–water partition coefficient (Wildman–Crippen LogP) is 2.75. The highest BCUT2D eigenvalue weighted by atomic mass is 14.9. The summed E-state index contributed by atoms with van der Waals surface area (Å²) in [6.45, 7) is 8.50. The summed E-state index contributed by atoms with van der Waals surface area (Å²) in [4.78, 5) is 0. The second-order valence-corrected chi connectivity index (χ2v) is 4.26. The molecule has 0 spiro atoms. The van der Waals surface area contributed by atoms with Gasteiger partial charge < -0.3 is 10.7 Å². The lowest BCUT2D eigenvalue weighted by Gasteiger charge is -2.22. The van der Waals surface area contributed by atoms with E-state index in [1.807, 2.05) is 0 Å². The van der Waals surface area contributed by atoms with Crippen molar-refractivity contribution in [3.05, 3.63) is 11.1 Å². The van der Waals surface area contributed by atoms with Gasteiger partial charge in [-0.25, -0.2) is 0 Å². The van der Waals surface area contributed by atoms with Crippen LogP contribution in [0.15, 0.2) is 11.1 Å². The molecule has 0 radical (unpaired) electrons. The Morgan fingerprint density at radius 1 is 1.57 bits per heavy atom. The van der Waals surface area contributed by atoms with Crippen LogP contribution in [0.5, 0.6) is 0 Å². The van der Waals surface area contributed by atoms with Gasteiger partial charge in [0.25, 0.3) is 0 Å². The van der Waals surface area contributed by atoms with Crippen molar-refractivity contribution in [3.8, 4) is 0 Å². The quantitative estimate of drug-likeness (QED) is 0.712. The summed E-state index contributed by atoms with van der Waals surface area (Å²) in [6, 6.07) is 0.